The summed E-state index contributed by atoms with van der Waals surface area (Å²) in [6.45, 7) is 5.06. The molecule has 0 radical (unpaired) electrons. The third-order valence-corrected chi connectivity index (χ3v) is 3.79. The molecule has 0 unspecified atom stereocenters. The molecule has 1 aliphatic rings. The Balaban J connectivity index is 1.58. The summed E-state index contributed by atoms with van der Waals surface area (Å²) in [5, 5.41) is 0. The number of rotatable bonds is 3. The van der Waals surface area contributed by atoms with Gasteiger partial charge < -0.3 is 10.6 Å². The van der Waals surface area contributed by atoms with Crippen LogP contribution in [0.3, 0.4) is 0 Å². The Labute approximate surface area is 119 Å². The highest BCUT2D eigenvalue weighted by molar-refractivity contribution is 5.46. The van der Waals surface area contributed by atoms with Gasteiger partial charge in [0.25, 0.3) is 0 Å². The number of pyridine rings is 1. The average Bonchev–Trinajstić information content (AvgIpc) is 2.51. The van der Waals surface area contributed by atoms with Crippen LogP contribution in [-0.4, -0.2) is 36.1 Å². The highest BCUT2D eigenvalue weighted by Gasteiger charge is 2.18. The zero-order valence-corrected chi connectivity index (χ0v) is 11.6. The summed E-state index contributed by atoms with van der Waals surface area (Å²) in [5.41, 5.74) is 8.12. The van der Waals surface area contributed by atoms with Gasteiger partial charge in [-0.25, -0.2) is 4.98 Å². The van der Waals surface area contributed by atoms with E-state index in [1.54, 1.807) is 0 Å². The third-order valence-electron chi connectivity index (χ3n) is 3.79. The average molecular weight is 268 g/mol. The number of hydrogen-bond acceptors (Lipinski definition) is 4. The normalized spacial score (nSPS) is 16.3. The highest BCUT2D eigenvalue weighted by Crippen LogP contribution is 2.17. The van der Waals surface area contributed by atoms with Crippen molar-refractivity contribution in [3.63, 3.8) is 0 Å². The van der Waals surface area contributed by atoms with Gasteiger partial charge in [0.2, 0.25) is 0 Å². The fourth-order valence-electron chi connectivity index (χ4n) is 2.59. The van der Waals surface area contributed by atoms with Crippen molar-refractivity contribution in [2.45, 2.75) is 6.54 Å². The van der Waals surface area contributed by atoms with E-state index < -0.39 is 0 Å². The van der Waals surface area contributed by atoms with Crippen molar-refractivity contribution in [1.29, 1.82) is 0 Å². The standard InChI is InChI=1S/C16H20N4/c17-15-6-2-1-5-14(15)13-19-9-11-20(12-10-19)16-7-3-4-8-18-16/h1-8H,9-13,17H2. The zero-order valence-electron chi connectivity index (χ0n) is 11.6. The SMILES string of the molecule is Nc1ccccc1CN1CCN(c2ccccn2)CC1. The number of benzene rings is 1. The number of nitrogen functional groups attached to an aromatic ring is 1. The first kappa shape index (κ1) is 12.9. The van der Waals surface area contributed by atoms with Gasteiger partial charge in [0.15, 0.2) is 0 Å². The van der Waals surface area contributed by atoms with Gasteiger partial charge >= 0.3 is 0 Å². The maximum absolute atomic E-state index is 6.01. The first-order valence-corrected chi connectivity index (χ1v) is 7.04. The van der Waals surface area contributed by atoms with E-state index in [0.717, 1.165) is 44.2 Å². The molecule has 0 bridgehead atoms. The van der Waals surface area contributed by atoms with E-state index in [9.17, 15) is 0 Å². The minimum Gasteiger partial charge on any atom is -0.398 e. The second kappa shape index (κ2) is 5.92. The van der Waals surface area contributed by atoms with E-state index >= 15 is 0 Å². The summed E-state index contributed by atoms with van der Waals surface area (Å²) in [6.07, 6.45) is 1.85. The summed E-state index contributed by atoms with van der Waals surface area (Å²) in [6, 6.07) is 14.2. The van der Waals surface area contributed by atoms with Crippen molar-refractivity contribution in [2.75, 3.05) is 36.8 Å². The highest BCUT2D eigenvalue weighted by atomic mass is 15.3. The molecule has 1 saturated heterocycles. The van der Waals surface area contributed by atoms with E-state index in [4.69, 9.17) is 5.73 Å². The second-order valence-electron chi connectivity index (χ2n) is 5.15. The zero-order chi connectivity index (χ0) is 13.8. The molecule has 0 saturated carbocycles. The van der Waals surface area contributed by atoms with Crippen LogP contribution in [0.4, 0.5) is 11.5 Å². The lowest BCUT2D eigenvalue weighted by Crippen LogP contribution is -2.46. The van der Waals surface area contributed by atoms with Gasteiger partial charge in [-0.1, -0.05) is 24.3 Å². The number of para-hydroxylation sites is 1. The van der Waals surface area contributed by atoms with Crippen LogP contribution in [0, 0.1) is 0 Å². The molecule has 20 heavy (non-hydrogen) atoms. The van der Waals surface area contributed by atoms with Crippen LogP contribution in [-0.2, 0) is 6.54 Å². The van der Waals surface area contributed by atoms with Crippen molar-refractivity contribution in [3.8, 4) is 0 Å². The topological polar surface area (TPSA) is 45.4 Å². The molecular formula is C16H20N4. The quantitative estimate of drug-likeness (QED) is 0.865. The van der Waals surface area contributed by atoms with Crippen molar-refractivity contribution in [3.05, 3.63) is 54.2 Å². The predicted molar refractivity (Wildman–Crippen MR) is 82.6 cm³/mol. The minimum atomic E-state index is 0.889. The first-order valence-electron chi connectivity index (χ1n) is 7.04. The van der Waals surface area contributed by atoms with Gasteiger partial charge in [-0.2, -0.15) is 0 Å². The smallest absolute Gasteiger partial charge is 0.128 e. The first-order chi connectivity index (χ1) is 9.83. The van der Waals surface area contributed by atoms with Crippen LogP contribution in [0.25, 0.3) is 0 Å². The summed E-state index contributed by atoms with van der Waals surface area (Å²) < 4.78 is 0. The summed E-state index contributed by atoms with van der Waals surface area (Å²) in [7, 11) is 0. The van der Waals surface area contributed by atoms with E-state index in [-0.39, 0.29) is 0 Å². The number of nitrogens with two attached hydrogens (primary N) is 1. The van der Waals surface area contributed by atoms with Crippen LogP contribution in [0.15, 0.2) is 48.7 Å². The number of aromatic nitrogens is 1. The molecule has 0 atom stereocenters. The molecule has 4 nitrogen and oxygen atoms in total. The molecule has 4 heteroatoms. The second-order valence-corrected chi connectivity index (χ2v) is 5.15. The van der Waals surface area contributed by atoms with Gasteiger partial charge in [-0.05, 0) is 23.8 Å². The van der Waals surface area contributed by atoms with Gasteiger partial charge in [-0.15, -0.1) is 0 Å². The Morgan fingerprint density at radius 3 is 2.40 bits per heavy atom. The van der Waals surface area contributed by atoms with Crippen LogP contribution in [0.5, 0.6) is 0 Å². The molecule has 1 aliphatic heterocycles. The maximum atomic E-state index is 6.01. The molecule has 2 N–H and O–H groups in total. The van der Waals surface area contributed by atoms with Crippen LogP contribution in [0.1, 0.15) is 5.56 Å². The Hall–Kier alpha value is -2.07. The molecule has 0 amide bonds. The fraction of sp³-hybridized carbons (Fsp3) is 0.312. The molecule has 1 aromatic carbocycles. The molecule has 2 aromatic rings. The molecule has 2 heterocycles. The van der Waals surface area contributed by atoms with E-state index in [1.165, 1.54) is 5.56 Å². The molecule has 0 aliphatic carbocycles. The summed E-state index contributed by atoms with van der Waals surface area (Å²) >= 11 is 0. The predicted octanol–water partition coefficient (Wildman–Crippen LogP) is 1.99. The molecule has 3 rings (SSSR count). The monoisotopic (exact) mass is 268 g/mol. The molecule has 104 valence electrons. The molecule has 1 fully saturated rings. The number of anilines is 2. The van der Waals surface area contributed by atoms with Gasteiger partial charge in [-0.3, -0.25) is 4.90 Å². The number of nitrogens with zero attached hydrogens (tertiary/aromatic N) is 3. The third kappa shape index (κ3) is 2.91. The molecular weight excluding hydrogens is 248 g/mol. The fourth-order valence-corrected chi connectivity index (χ4v) is 2.59. The Morgan fingerprint density at radius 1 is 0.950 bits per heavy atom. The molecule has 1 aromatic heterocycles. The van der Waals surface area contributed by atoms with E-state index in [2.05, 4.69) is 33.0 Å². The van der Waals surface area contributed by atoms with Crippen molar-refractivity contribution < 1.29 is 0 Å². The van der Waals surface area contributed by atoms with Crippen molar-refractivity contribution in [1.82, 2.24) is 9.88 Å². The van der Waals surface area contributed by atoms with Crippen molar-refractivity contribution in [2.24, 2.45) is 0 Å². The Kier molecular flexibility index (Phi) is 3.83. The largest absolute Gasteiger partial charge is 0.398 e. The number of hydrogen-bond donors (Lipinski definition) is 1. The summed E-state index contributed by atoms with van der Waals surface area (Å²) in [5.74, 6) is 1.08. The minimum absolute atomic E-state index is 0.889. The van der Waals surface area contributed by atoms with Crippen LogP contribution < -0.4 is 10.6 Å². The van der Waals surface area contributed by atoms with Crippen molar-refractivity contribution >= 4 is 11.5 Å². The Morgan fingerprint density at radius 2 is 1.70 bits per heavy atom. The van der Waals surface area contributed by atoms with E-state index in [0.29, 0.717) is 0 Å². The van der Waals surface area contributed by atoms with Gasteiger partial charge in [0, 0.05) is 44.6 Å². The lowest BCUT2D eigenvalue weighted by Gasteiger charge is -2.35. The van der Waals surface area contributed by atoms with Crippen LogP contribution >= 0.6 is 0 Å². The Bertz CT molecular complexity index is 547. The lowest BCUT2D eigenvalue weighted by molar-refractivity contribution is 0.249. The van der Waals surface area contributed by atoms with Gasteiger partial charge in [0.1, 0.15) is 5.82 Å². The van der Waals surface area contributed by atoms with Gasteiger partial charge in [0.05, 0.1) is 0 Å². The lowest BCUT2D eigenvalue weighted by atomic mass is 10.1. The number of piperazine rings is 1. The molecule has 0 spiro atoms. The van der Waals surface area contributed by atoms with E-state index in [1.807, 2.05) is 30.5 Å². The van der Waals surface area contributed by atoms with Crippen LogP contribution in [0.2, 0.25) is 0 Å². The summed E-state index contributed by atoms with van der Waals surface area (Å²) in [4.78, 5) is 9.20. The maximum Gasteiger partial charge on any atom is 0.128 e.